The summed E-state index contributed by atoms with van der Waals surface area (Å²) >= 11 is 0. The van der Waals surface area contributed by atoms with Gasteiger partial charge in [0.15, 0.2) is 5.69 Å². The van der Waals surface area contributed by atoms with Crippen LogP contribution in [0.15, 0.2) is 47.6 Å². The van der Waals surface area contributed by atoms with E-state index in [9.17, 15) is 20.2 Å². The number of hydrogen-bond acceptors (Lipinski definition) is 6. The normalized spacial score (nSPS) is 14.3. The molecule has 1 aliphatic heterocycles. The molecule has 28 heavy (non-hydrogen) atoms. The summed E-state index contributed by atoms with van der Waals surface area (Å²) in [6.07, 6.45) is 1.27. The second-order valence-corrected chi connectivity index (χ2v) is 6.93. The first-order valence-corrected chi connectivity index (χ1v) is 8.82. The van der Waals surface area contributed by atoms with Gasteiger partial charge in [-0.3, -0.25) is 20.2 Å². The Morgan fingerprint density at radius 3 is 2.14 bits per heavy atom. The number of aryl methyl sites for hydroxylation is 2. The molecule has 0 saturated carbocycles. The number of hydrogen-bond donors (Lipinski definition) is 0. The molecule has 5 rings (SSSR count). The van der Waals surface area contributed by atoms with Crippen LogP contribution in [0.25, 0.3) is 10.8 Å². The number of hydrazone groups is 1. The highest BCUT2D eigenvalue weighted by atomic mass is 16.6. The summed E-state index contributed by atoms with van der Waals surface area (Å²) in [7, 11) is 0. The summed E-state index contributed by atoms with van der Waals surface area (Å²) in [5.74, 6) is 0. The molecule has 0 atom stereocenters. The largest absolute Gasteiger partial charge is 0.295 e. The summed E-state index contributed by atoms with van der Waals surface area (Å²) in [6.45, 7) is 1.71. The highest BCUT2D eigenvalue weighted by Gasteiger charge is 2.37. The van der Waals surface area contributed by atoms with Crippen LogP contribution in [-0.4, -0.2) is 15.6 Å². The van der Waals surface area contributed by atoms with E-state index in [4.69, 9.17) is 0 Å². The lowest BCUT2D eigenvalue weighted by Crippen LogP contribution is -2.20. The molecule has 0 unspecified atom stereocenters. The molecule has 0 radical (unpaired) electrons. The molecule has 8 nitrogen and oxygen atoms in total. The monoisotopic (exact) mass is 374 g/mol. The molecule has 0 saturated heterocycles. The van der Waals surface area contributed by atoms with Crippen LogP contribution in [0.1, 0.15) is 23.6 Å². The van der Waals surface area contributed by atoms with E-state index in [0.29, 0.717) is 40.9 Å². The van der Waals surface area contributed by atoms with Crippen LogP contribution in [0.5, 0.6) is 0 Å². The number of anilines is 2. The Bertz CT molecular complexity index is 1220. The van der Waals surface area contributed by atoms with Gasteiger partial charge in [0.1, 0.15) is 0 Å². The third kappa shape index (κ3) is 2.08. The van der Waals surface area contributed by atoms with Gasteiger partial charge in [-0.25, -0.2) is 5.01 Å². The van der Waals surface area contributed by atoms with Crippen molar-refractivity contribution in [1.29, 1.82) is 0 Å². The Morgan fingerprint density at radius 2 is 1.54 bits per heavy atom. The SMILES string of the molecule is CC1=NN(c2ccccc2)c2c([N+](=O)[O-])cc3c4c(cc([N+](=O)[O-])c1c24)CC3. The minimum Gasteiger partial charge on any atom is -0.258 e. The Balaban J connectivity index is 1.99. The molecular weight excluding hydrogens is 360 g/mol. The van der Waals surface area contributed by atoms with E-state index in [1.807, 2.05) is 30.3 Å². The van der Waals surface area contributed by atoms with Crippen LogP contribution in [0.4, 0.5) is 22.7 Å². The van der Waals surface area contributed by atoms with E-state index in [1.165, 1.54) is 5.01 Å². The second kappa shape index (κ2) is 5.59. The highest BCUT2D eigenvalue weighted by molar-refractivity contribution is 6.22. The lowest BCUT2D eigenvalue weighted by molar-refractivity contribution is -0.385. The van der Waals surface area contributed by atoms with E-state index in [0.717, 1.165) is 16.5 Å². The molecule has 3 aromatic carbocycles. The van der Waals surface area contributed by atoms with Gasteiger partial charge in [0.05, 0.1) is 26.8 Å². The van der Waals surface area contributed by atoms with Crippen molar-refractivity contribution < 1.29 is 9.85 Å². The molecule has 0 aromatic heterocycles. The van der Waals surface area contributed by atoms with E-state index in [2.05, 4.69) is 5.10 Å². The van der Waals surface area contributed by atoms with Crippen molar-refractivity contribution in [1.82, 2.24) is 0 Å². The van der Waals surface area contributed by atoms with Gasteiger partial charge in [-0.05, 0) is 48.4 Å². The van der Waals surface area contributed by atoms with Gasteiger partial charge in [-0.2, -0.15) is 5.10 Å². The first kappa shape index (κ1) is 16.4. The summed E-state index contributed by atoms with van der Waals surface area (Å²) in [5.41, 5.74) is 3.38. The van der Waals surface area contributed by atoms with Crippen LogP contribution in [0, 0.1) is 20.2 Å². The molecule has 2 aliphatic rings. The van der Waals surface area contributed by atoms with Gasteiger partial charge >= 0.3 is 0 Å². The van der Waals surface area contributed by atoms with Gasteiger partial charge in [-0.15, -0.1) is 0 Å². The van der Waals surface area contributed by atoms with Crippen LogP contribution in [-0.2, 0) is 12.8 Å². The maximum atomic E-state index is 11.9. The quantitative estimate of drug-likeness (QED) is 0.491. The van der Waals surface area contributed by atoms with Crippen molar-refractivity contribution in [2.45, 2.75) is 19.8 Å². The molecule has 8 heteroatoms. The van der Waals surface area contributed by atoms with Crippen molar-refractivity contribution in [3.63, 3.8) is 0 Å². The number of nitro groups is 2. The van der Waals surface area contributed by atoms with Crippen LogP contribution in [0.3, 0.4) is 0 Å². The van der Waals surface area contributed by atoms with E-state index < -0.39 is 9.85 Å². The standard InChI is InChI=1S/C20H14N4O4/c1-11-17-15(23(25)26)9-12-7-8-13-10-16(24(27)28)20(19(17)18(12)13)22(21-11)14-5-3-2-4-6-14/h2-6,9-10H,7-8H2,1H3. The Morgan fingerprint density at radius 1 is 0.929 bits per heavy atom. The van der Waals surface area contributed by atoms with Gasteiger partial charge in [0.2, 0.25) is 0 Å². The molecule has 1 aliphatic carbocycles. The first-order chi connectivity index (χ1) is 13.5. The lowest BCUT2D eigenvalue weighted by Gasteiger charge is -2.27. The fourth-order valence-corrected chi connectivity index (χ4v) is 4.29. The van der Waals surface area contributed by atoms with Gasteiger partial charge in [0, 0.05) is 17.5 Å². The van der Waals surface area contributed by atoms with Crippen molar-refractivity contribution in [2.24, 2.45) is 5.10 Å². The number of benzene rings is 3. The van der Waals surface area contributed by atoms with E-state index >= 15 is 0 Å². The first-order valence-electron chi connectivity index (χ1n) is 8.82. The van der Waals surface area contributed by atoms with E-state index in [1.54, 1.807) is 19.1 Å². The molecule has 0 bridgehead atoms. The summed E-state index contributed by atoms with van der Waals surface area (Å²) in [5, 5.41) is 31.2. The van der Waals surface area contributed by atoms with Gasteiger partial charge < -0.3 is 0 Å². The van der Waals surface area contributed by atoms with Crippen LogP contribution >= 0.6 is 0 Å². The maximum absolute atomic E-state index is 11.9. The number of nitrogens with zero attached hydrogens (tertiary/aromatic N) is 4. The zero-order valence-corrected chi connectivity index (χ0v) is 14.9. The van der Waals surface area contributed by atoms with Crippen molar-refractivity contribution in [3.05, 3.63) is 79.4 Å². The predicted molar refractivity (Wildman–Crippen MR) is 105 cm³/mol. The van der Waals surface area contributed by atoms with Crippen molar-refractivity contribution in [3.8, 4) is 0 Å². The molecule has 3 aromatic rings. The third-order valence-corrected chi connectivity index (χ3v) is 5.38. The van der Waals surface area contributed by atoms with Crippen molar-refractivity contribution >= 4 is 39.2 Å². The number of rotatable bonds is 3. The summed E-state index contributed by atoms with van der Waals surface area (Å²) < 4.78 is 0. The molecule has 0 fully saturated rings. The Kier molecular flexibility index (Phi) is 3.27. The topological polar surface area (TPSA) is 102 Å². The minimum absolute atomic E-state index is 0.0499. The zero-order chi connectivity index (χ0) is 19.6. The fraction of sp³-hybridized carbons (Fsp3) is 0.150. The van der Waals surface area contributed by atoms with Crippen molar-refractivity contribution in [2.75, 3.05) is 5.01 Å². The summed E-state index contributed by atoms with van der Waals surface area (Å²) in [4.78, 5) is 22.8. The molecule has 138 valence electrons. The fourth-order valence-electron chi connectivity index (χ4n) is 4.29. The Hall–Kier alpha value is -3.81. The molecule has 0 spiro atoms. The highest BCUT2D eigenvalue weighted by Crippen LogP contribution is 2.50. The smallest absolute Gasteiger partial charge is 0.258 e. The minimum atomic E-state index is -0.433. The Labute approximate surface area is 159 Å². The average molecular weight is 374 g/mol. The number of para-hydroxylation sites is 1. The number of nitro benzene ring substituents is 2. The maximum Gasteiger partial charge on any atom is 0.295 e. The summed E-state index contributed by atoms with van der Waals surface area (Å²) in [6, 6.07) is 12.3. The predicted octanol–water partition coefficient (Wildman–Crippen LogP) is 4.63. The molecular formula is C20H14N4O4. The van der Waals surface area contributed by atoms with Gasteiger partial charge in [-0.1, -0.05) is 18.2 Å². The lowest BCUT2D eigenvalue weighted by atomic mass is 9.92. The second-order valence-electron chi connectivity index (χ2n) is 6.93. The average Bonchev–Trinajstić information content (AvgIpc) is 3.10. The zero-order valence-electron chi connectivity index (χ0n) is 14.9. The molecule has 0 amide bonds. The van der Waals surface area contributed by atoms with Crippen LogP contribution < -0.4 is 5.01 Å². The van der Waals surface area contributed by atoms with E-state index in [-0.39, 0.29) is 11.4 Å². The molecule has 1 heterocycles. The van der Waals surface area contributed by atoms with Crippen LogP contribution in [0.2, 0.25) is 0 Å². The molecule has 0 N–H and O–H groups in total. The third-order valence-electron chi connectivity index (χ3n) is 5.38. The van der Waals surface area contributed by atoms with Gasteiger partial charge in [0.25, 0.3) is 11.4 Å².